The van der Waals surface area contributed by atoms with Crippen molar-refractivity contribution in [2.24, 2.45) is 5.84 Å². The van der Waals surface area contributed by atoms with Gasteiger partial charge in [-0.1, -0.05) is 0 Å². The quantitative estimate of drug-likeness (QED) is 0.405. The van der Waals surface area contributed by atoms with E-state index in [1.54, 1.807) is 6.92 Å². The molecule has 1 aliphatic carbocycles. The first kappa shape index (κ1) is 6.98. The van der Waals surface area contributed by atoms with Crippen molar-refractivity contribution in [1.82, 2.24) is 4.83 Å². The Hall–Kier alpha value is -0.130. The minimum Gasteiger partial charge on any atom is -0.258 e. The number of hydrogen-bond donors (Lipinski definition) is 2. The summed E-state index contributed by atoms with van der Waals surface area (Å²) in [6.45, 7) is 1.68. The van der Waals surface area contributed by atoms with Gasteiger partial charge in [0.05, 0.1) is 4.75 Å². The summed E-state index contributed by atoms with van der Waals surface area (Å²) in [5.74, 6) is 4.79. The maximum Gasteiger partial charge on any atom is 0.229 e. The van der Waals surface area contributed by atoms with Gasteiger partial charge < -0.3 is 0 Å². The molecule has 1 aliphatic rings. The summed E-state index contributed by atoms with van der Waals surface area (Å²) in [5.41, 5.74) is 0. The molecular weight excluding hydrogens is 140 g/mol. The minimum absolute atomic E-state index is 0.568. The molecule has 0 unspecified atom stereocenters. The first-order valence-electron chi connectivity index (χ1n) is 2.74. The predicted molar refractivity (Wildman–Crippen MR) is 33.9 cm³/mol. The van der Waals surface area contributed by atoms with E-state index in [0.29, 0.717) is 0 Å². The Morgan fingerprint density at radius 2 is 2.00 bits per heavy atom. The van der Waals surface area contributed by atoms with Crippen molar-refractivity contribution in [2.45, 2.75) is 24.5 Å². The van der Waals surface area contributed by atoms with E-state index in [1.807, 2.05) is 4.83 Å². The number of hydrazine groups is 1. The fourth-order valence-electron chi connectivity index (χ4n) is 0.587. The molecule has 5 heteroatoms. The second-order valence-electron chi connectivity index (χ2n) is 2.57. The summed E-state index contributed by atoms with van der Waals surface area (Å²) >= 11 is 0. The summed E-state index contributed by atoms with van der Waals surface area (Å²) in [5, 5.41) is 0. The van der Waals surface area contributed by atoms with E-state index < -0.39 is 14.8 Å². The lowest BCUT2D eigenvalue weighted by molar-refractivity contribution is 0.569. The number of sulfonamides is 1. The Balaban J connectivity index is 2.84. The lowest BCUT2D eigenvalue weighted by Gasteiger charge is -2.06. The van der Waals surface area contributed by atoms with Crippen LogP contribution < -0.4 is 10.7 Å². The summed E-state index contributed by atoms with van der Waals surface area (Å²) in [6, 6.07) is 0. The van der Waals surface area contributed by atoms with Gasteiger partial charge in [0.1, 0.15) is 0 Å². The summed E-state index contributed by atoms with van der Waals surface area (Å²) in [4.78, 5) is 1.82. The van der Waals surface area contributed by atoms with Gasteiger partial charge in [0.15, 0.2) is 0 Å². The third-order valence-electron chi connectivity index (χ3n) is 1.76. The highest BCUT2D eigenvalue weighted by Gasteiger charge is 2.49. The summed E-state index contributed by atoms with van der Waals surface area (Å²) in [7, 11) is -3.20. The zero-order valence-corrected chi connectivity index (χ0v) is 6.03. The van der Waals surface area contributed by atoms with Gasteiger partial charge in [-0.2, -0.15) is 4.83 Å². The third kappa shape index (κ3) is 0.953. The minimum atomic E-state index is -3.20. The van der Waals surface area contributed by atoms with Crippen molar-refractivity contribution in [2.75, 3.05) is 0 Å². The van der Waals surface area contributed by atoms with Crippen LogP contribution in [-0.2, 0) is 10.0 Å². The second kappa shape index (κ2) is 1.68. The SMILES string of the molecule is CC1(S(=O)(=O)NN)CC1. The highest BCUT2D eigenvalue weighted by molar-refractivity contribution is 7.91. The highest BCUT2D eigenvalue weighted by atomic mass is 32.2. The molecule has 1 fully saturated rings. The van der Waals surface area contributed by atoms with E-state index in [0.717, 1.165) is 12.8 Å². The van der Waals surface area contributed by atoms with Gasteiger partial charge in [0.25, 0.3) is 0 Å². The van der Waals surface area contributed by atoms with E-state index in [9.17, 15) is 8.42 Å². The molecule has 0 aromatic heterocycles. The summed E-state index contributed by atoms with van der Waals surface area (Å²) < 4.78 is 21.1. The van der Waals surface area contributed by atoms with Gasteiger partial charge in [-0.15, -0.1) is 0 Å². The number of rotatable bonds is 2. The molecule has 0 bridgehead atoms. The molecule has 0 aliphatic heterocycles. The van der Waals surface area contributed by atoms with Crippen LogP contribution in [0.15, 0.2) is 0 Å². The number of nitrogens with two attached hydrogens (primary N) is 1. The van der Waals surface area contributed by atoms with Crippen molar-refractivity contribution < 1.29 is 8.42 Å². The molecule has 0 spiro atoms. The van der Waals surface area contributed by atoms with Crippen LogP contribution in [0.2, 0.25) is 0 Å². The van der Waals surface area contributed by atoms with E-state index >= 15 is 0 Å². The van der Waals surface area contributed by atoms with Gasteiger partial charge in [-0.3, -0.25) is 5.84 Å². The van der Waals surface area contributed by atoms with Crippen LogP contribution in [0.5, 0.6) is 0 Å². The first-order valence-corrected chi connectivity index (χ1v) is 4.22. The molecule has 1 saturated carbocycles. The Morgan fingerprint density at radius 3 is 2.11 bits per heavy atom. The molecule has 0 saturated heterocycles. The smallest absolute Gasteiger partial charge is 0.229 e. The Morgan fingerprint density at radius 1 is 1.56 bits per heavy atom. The molecule has 3 N–H and O–H groups in total. The van der Waals surface area contributed by atoms with Crippen LogP contribution in [0.25, 0.3) is 0 Å². The van der Waals surface area contributed by atoms with E-state index in [4.69, 9.17) is 5.84 Å². The van der Waals surface area contributed by atoms with Crippen molar-refractivity contribution in [1.29, 1.82) is 0 Å². The van der Waals surface area contributed by atoms with Crippen molar-refractivity contribution >= 4 is 10.0 Å². The van der Waals surface area contributed by atoms with Gasteiger partial charge >= 0.3 is 0 Å². The molecule has 0 heterocycles. The van der Waals surface area contributed by atoms with Crippen LogP contribution >= 0.6 is 0 Å². The zero-order valence-electron chi connectivity index (χ0n) is 5.22. The molecule has 1 rings (SSSR count). The maximum atomic E-state index is 10.8. The van der Waals surface area contributed by atoms with Gasteiger partial charge in [-0.25, -0.2) is 8.42 Å². The zero-order chi connectivity index (χ0) is 7.12. The number of nitrogens with one attached hydrogen (secondary N) is 1. The average Bonchev–Trinajstić information content (AvgIpc) is 2.49. The van der Waals surface area contributed by atoms with Crippen molar-refractivity contribution in [3.63, 3.8) is 0 Å². The fraction of sp³-hybridized carbons (Fsp3) is 1.00. The van der Waals surface area contributed by atoms with Gasteiger partial charge in [-0.05, 0) is 19.8 Å². The van der Waals surface area contributed by atoms with Crippen LogP contribution in [0.1, 0.15) is 19.8 Å². The van der Waals surface area contributed by atoms with Crippen LogP contribution in [-0.4, -0.2) is 13.2 Å². The molecule has 0 radical (unpaired) electrons. The maximum absolute atomic E-state index is 10.8. The fourth-order valence-corrected chi connectivity index (χ4v) is 1.51. The lowest BCUT2D eigenvalue weighted by atomic mass is 10.5. The molecule has 4 nitrogen and oxygen atoms in total. The number of hydrogen-bond acceptors (Lipinski definition) is 3. The first-order chi connectivity index (χ1) is 4.02. The Labute approximate surface area is 54.4 Å². The molecule has 0 atom stereocenters. The standard InChI is InChI=1S/C4H10N2O2S/c1-4(2-3-4)9(7,8)6-5/h6H,2-3,5H2,1H3. The average molecular weight is 150 g/mol. The molecular formula is C4H10N2O2S. The molecule has 54 valence electrons. The van der Waals surface area contributed by atoms with Gasteiger partial charge in [0, 0.05) is 0 Å². The topological polar surface area (TPSA) is 72.2 Å². The predicted octanol–water partition coefficient (Wildman–Crippen LogP) is -0.668. The normalized spacial score (nSPS) is 23.8. The van der Waals surface area contributed by atoms with E-state index in [2.05, 4.69) is 0 Å². The monoisotopic (exact) mass is 150 g/mol. The van der Waals surface area contributed by atoms with Gasteiger partial charge in [0.2, 0.25) is 10.0 Å². The van der Waals surface area contributed by atoms with Crippen LogP contribution in [0.3, 0.4) is 0 Å². The highest BCUT2D eigenvalue weighted by Crippen LogP contribution is 2.41. The lowest BCUT2D eigenvalue weighted by Crippen LogP contribution is -2.38. The van der Waals surface area contributed by atoms with Crippen molar-refractivity contribution in [3.05, 3.63) is 0 Å². The van der Waals surface area contributed by atoms with E-state index in [1.165, 1.54) is 0 Å². The molecule has 0 amide bonds. The molecule has 9 heavy (non-hydrogen) atoms. The molecule has 0 aromatic carbocycles. The summed E-state index contributed by atoms with van der Waals surface area (Å²) in [6.07, 6.45) is 1.44. The Bertz CT molecular complexity index is 205. The van der Waals surface area contributed by atoms with Crippen molar-refractivity contribution in [3.8, 4) is 0 Å². The second-order valence-corrected chi connectivity index (χ2v) is 4.80. The van der Waals surface area contributed by atoms with E-state index in [-0.39, 0.29) is 0 Å². The largest absolute Gasteiger partial charge is 0.258 e. The third-order valence-corrected chi connectivity index (χ3v) is 3.77. The Kier molecular flexibility index (Phi) is 1.30. The van der Waals surface area contributed by atoms with Crippen LogP contribution in [0, 0.1) is 0 Å². The van der Waals surface area contributed by atoms with Crippen LogP contribution in [0.4, 0.5) is 0 Å². The molecule has 0 aromatic rings.